The van der Waals surface area contributed by atoms with Gasteiger partial charge in [0.2, 0.25) is 0 Å². The van der Waals surface area contributed by atoms with Gasteiger partial charge in [-0.15, -0.1) is 0 Å². The molecule has 0 amide bonds. The summed E-state index contributed by atoms with van der Waals surface area (Å²) < 4.78 is 10.7. The Morgan fingerprint density at radius 2 is 2.07 bits per heavy atom. The maximum atomic E-state index is 11.8. The molecule has 0 aliphatic carbocycles. The van der Waals surface area contributed by atoms with Crippen molar-refractivity contribution in [2.45, 2.75) is 31.8 Å². The number of hydrogen-bond donors (Lipinski definition) is 1. The minimum Gasteiger partial charge on any atom is -0.462 e. The minimum absolute atomic E-state index is 0.0194. The van der Waals surface area contributed by atoms with E-state index in [1.807, 2.05) is 0 Å². The van der Waals surface area contributed by atoms with Crippen LogP contribution in [0.15, 0.2) is 0 Å². The second-order valence-electron chi connectivity index (χ2n) is 4.29. The fourth-order valence-corrected chi connectivity index (χ4v) is 2.11. The maximum Gasteiger partial charge on any atom is 0.310 e. The number of piperidine rings is 1. The van der Waals surface area contributed by atoms with E-state index in [2.05, 4.69) is 5.32 Å². The molecule has 2 heterocycles. The van der Waals surface area contributed by atoms with Crippen molar-refractivity contribution in [3.63, 3.8) is 0 Å². The summed E-state index contributed by atoms with van der Waals surface area (Å²) in [7, 11) is 0. The minimum atomic E-state index is -0.0194. The van der Waals surface area contributed by atoms with Crippen molar-refractivity contribution >= 4 is 5.97 Å². The Bertz CT molecular complexity index is 208. The molecular formula is C11H19NO3. The third kappa shape index (κ3) is 3.18. The average Bonchev–Trinajstić information content (AvgIpc) is 2.31. The number of hydrogen-bond acceptors (Lipinski definition) is 4. The highest BCUT2D eigenvalue weighted by atomic mass is 16.6. The van der Waals surface area contributed by atoms with Crippen LogP contribution in [0.2, 0.25) is 0 Å². The highest BCUT2D eigenvalue weighted by Gasteiger charge is 2.25. The summed E-state index contributed by atoms with van der Waals surface area (Å²) in [6.45, 7) is 3.25. The summed E-state index contributed by atoms with van der Waals surface area (Å²) in [6, 6.07) is 0. The summed E-state index contributed by atoms with van der Waals surface area (Å²) in [4.78, 5) is 11.8. The molecule has 1 atom stereocenters. The molecule has 2 aliphatic rings. The first-order valence-electron chi connectivity index (χ1n) is 5.85. The van der Waals surface area contributed by atoms with Crippen LogP contribution in [-0.2, 0) is 14.3 Å². The lowest BCUT2D eigenvalue weighted by molar-refractivity contribution is -0.158. The van der Waals surface area contributed by atoms with Gasteiger partial charge in [0.25, 0.3) is 0 Å². The molecule has 1 N–H and O–H groups in total. The first kappa shape index (κ1) is 10.9. The maximum absolute atomic E-state index is 11.8. The van der Waals surface area contributed by atoms with Gasteiger partial charge in [0, 0.05) is 19.4 Å². The van der Waals surface area contributed by atoms with Gasteiger partial charge in [0.05, 0.1) is 19.1 Å². The molecule has 0 aromatic carbocycles. The highest BCUT2D eigenvalue weighted by molar-refractivity contribution is 5.73. The van der Waals surface area contributed by atoms with Crippen LogP contribution in [0.5, 0.6) is 0 Å². The fraction of sp³-hybridized carbons (Fsp3) is 0.909. The van der Waals surface area contributed by atoms with E-state index < -0.39 is 0 Å². The zero-order valence-electron chi connectivity index (χ0n) is 9.04. The quantitative estimate of drug-likeness (QED) is 0.686. The van der Waals surface area contributed by atoms with E-state index in [9.17, 15) is 4.79 Å². The van der Waals surface area contributed by atoms with Crippen LogP contribution < -0.4 is 5.32 Å². The molecule has 15 heavy (non-hydrogen) atoms. The average molecular weight is 213 g/mol. The molecule has 2 rings (SSSR count). The summed E-state index contributed by atoms with van der Waals surface area (Å²) in [6.07, 6.45) is 3.84. The first-order valence-corrected chi connectivity index (χ1v) is 5.85. The van der Waals surface area contributed by atoms with Gasteiger partial charge in [-0.1, -0.05) is 0 Å². The van der Waals surface area contributed by atoms with Crippen LogP contribution in [0.4, 0.5) is 0 Å². The molecule has 4 heteroatoms. The third-order valence-electron chi connectivity index (χ3n) is 3.08. The molecule has 0 spiro atoms. The Morgan fingerprint density at radius 1 is 1.27 bits per heavy atom. The van der Waals surface area contributed by atoms with Gasteiger partial charge in [0.15, 0.2) is 0 Å². The zero-order chi connectivity index (χ0) is 10.5. The van der Waals surface area contributed by atoms with Crippen molar-refractivity contribution in [3.8, 4) is 0 Å². The summed E-state index contributed by atoms with van der Waals surface area (Å²) in [5.41, 5.74) is 0. The van der Waals surface area contributed by atoms with Crippen LogP contribution in [-0.4, -0.2) is 38.4 Å². The van der Waals surface area contributed by atoms with Crippen molar-refractivity contribution in [2.75, 3.05) is 26.3 Å². The summed E-state index contributed by atoms with van der Waals surface area (Å²) in [5, 5.41) is 3.23. The number of nitrogens with one attached hydrogen (secondary N) is 1. The Hall–Kier alpha value is -0.610. The molecule has 1 unspecified atom stereocenters. The lowest BCUT2D eigenvalue weighted by Crippen LogP contribution is -2.37. The smallest absolute Gasteiger partial charge is 0.310 e. The second kappa shape index (κ2) is 5.47. The van der Waals surface area contributed by atoms with E-state index in [0.717, 1.165) is 52.0 Å². The van der Waals surface area contributed by atoms with Crippen LogP contribution in [0.1, 0.15) is 25.7 Å². The third-order valence-corrected chi connectivity index (χ3v) is 3.08. The van der Waals surface area contributed by atoms with E-state index in [0.29, 0.717) is 0 Å². The number of rotatable bonds is 2. The van der Waals surface area contributed by atoms with Crippen molar-refractivity contribution in [3.05, 3.63) is 0 Å². The van der Waals surface area contributed by atoms with Gasteiger partial charge in [-0.25, -0.2) is 0 Å². The SMILES string of the molecule is O=C(OC1CCOCC1)C1CCCNC1. The van der Waals surface area contributed by atoms with Crippen LogP contribution in [0, 0.1) is 5.92 Å². The van der Waals surface area contributed by atoms with E-state index in [4.69, 9.17) is 9.47 Å². The monoisotopic (exact) mass is 213 g/mol. The standard InChI is InChI=1S/C11H19NO3/c13-11(9-2-1-5-12-8-9)15-10-3-6-14-7-4-10/h9-10,12H,1-8H2. The first-order chi connectivity index (χ1) is 7.36. The Balaban J connectivity index is 1.74. The van der Waals surface area contributed by atoms with Crippen LogP contribution >= 0.6 is 0 Å². The molecule has 0 aromatic heterocycles. The van der Waals surface area contributed by atoms with Crippen LogP contribution in [0.3, 0.4) is 0 Å². The molecule has 4 nitrogen and oxygen atoms in total. The van der Waals surface area contributed by atoms with Gasteiger partial charge in [0.1, 0.15) is 6.10 Å². The normalized spacial score (nSPS) is 28.7. The molecule has 0 saturated carbocycles. The summed E-state index contributed by atoms with van der Waals surface area (Å²) >= 11 is 0. The fourth-order valence-electron chi connectivity index (χ4n) is 2.11. The van der Waals surface area contributed by atoms with Gasteiger partial charge >= 0.3 is 5.97 Å². The Kier molecular flexibility index (Phi) is 3.97. The molecule has 86 valence electrons. The van der Waals surface area contributed by atoms with E-state index >= 15 is 0 Å². The second-order valence-corrected chi connectivity index (χ2v) is 4.29. The lowest BCUT2D eigenvalue weighted by atomic mass is 10.00. The molecule has 2 aliphatic heterocycles. The van der Waals surface area contributed by atoms with Gasteiger partial charge < -0.3 is 14.8 Å². The van der Waals surface area contributed by atoms with Crippen molar-refractivity contribution < 1.29 is 14.3 Å². The number of esters is 1. The van der Waals surface area contributed by atoms with Gasteiger partial charge in [-0.05, 0) is 19.4 Å². The predicted molar refractivity (Wildman–Crippen MR) is 55.5 cm³/mol. The molecule has 2 saturated heterocycles. The number of carbonyl (C=O) groups is 1. The lowest BCUT2D eigenvalue weighted by Gasteiger charge is -2.26. The van der Waals surface area contributed by atoms with E-state index in [-0.39, 0.29) is 18.0 Å². The highest BCUT2D eigenvalue weighted by Crippen LogP contribution is 2.16. The molecule has 0 aromatic rings. The van der Waals surface area contributed by atoms with E-state index in [1.165, 1.54) is 0 Å². The number of ether oxygens (including phenoxy) is 2. The van der Waals surface area contributed by atoms with Crippen molar-refractivity contribution in [1.29, 1.82) is 0 Å². The predicted octanol–water partition coefficient (Wildman–Crippen LogP) is 0.708. The van der Waals surface area contributed by atoms with Gasteiger partial charge in [-0.3, -0.25) is 4.79 Å². The topological polar surface area (TPSA) is 47.6 Å². The molecule has 0 radical (unpaired) electrons. The van der Waals surface area contributed by atoms with Crippen molar-refractivity contribution in [2.24, 2.45) is 5.92 Å². The molecule has 2 fully saturated rings. The van der Waals surface area contributed by atoms with E-state index in [1.54, 1.807) is 0 Å². The Morgan fingerprint density at radius 3 is 2.73 bits per heavy atom. The largest absolute Gasteiger partial charge is 0.462 e. The zero-order valence-corrected chi connectivity index (χ0v) is 9.04. The van der Waals surface area contributed by atoms with Crippen LogP contribution in [0.25, 0.3) is 0 Å². The van der Waals surface area contributed by atoms with Crippen molar-refractivity contribution in [1.82, 2.24) is 5.32 Å². The van der Waals surface area contributed by atoms with Gasteiger partial charge in [-0.2, -0.15) is 0 Å². The molecular weight excluding hydrogens is 194 g/mol. The Labute approximate surface area is 90.3 Å². The summed E-state index contributed by atoms with van der Waals surface area (Å²) in [5.74, 6) is 0.0516. The molecule has 0 bridgehead atoms. The number of carbonyl (C=O) groups excluding carboxylic acids is 1.